The SMILES string of the molecule is CCc1c2c(nc3ccc(O)cc13)-c1cc3c(c(=O)n1C2)COC(=O)C3(C)[Se]c1ccccc1. The average Bonchev–Trinajstić information content (AvgIpc) is 3.20. The van der Waals surface area contributed by atoms with Crippen molar-refractivity contribution in [1.82, 2.24) is 9.55 Å². The number of carbonyl (C=O) groups is 1. The third-order valence-corrected chi connectivity index (χ3v) is 9.55. The molecule has 2 aromatic carbocycles. The van der Waals surface area contributed by atoms with Gasteiger partial charge in [0.15, 0.2) is 0 Å². The van der Waals surface area contributed by atoms with Crippen molar-refractivity contribution in [3.63, 3.8) is 0 Å². The van der Waals surface area contributed by atoms with E-state index in [1.165, 1.54) is 0 Å². The molecule has 2 aliphatic rings. The number of rotatable bonds is 3. The van der Waals surface area contributed by atoms with Gasteiger partial charge >= 0.3 is 203 Å². The Morgan fingerprint density at radius 2 is 1.91 bits per heavy atom. The van der Waals surface area contributed by atoms with Gasteiger partial charge < -0.3 is 0 Å². The molecule has 4 aromatic rings. The first kappa shape index (κ1) is 21.1. The predicted octanol–water partition coefficient (Wildman–Crippen LogP) is 2.99. The van der Waals surface area contributed by atoms with E-state index in [0.29, 0.717) is 12.1 Å². The van der Waals surface area contributed by atoms with E-state index in [4.69, 9.17) is 9.72 Å². The van der Waals surface area contributed by atoms with Crippen LogP contribution in [-0.2, 0) is 33.4 Å². The monoisotopic (exact) mass is 518 g/mol. The van der Waals surface area contributed by atoms with Gasteiger partial charge in [-0.1, -0.05) is 0 Å². The van der Waals surface area contributed by atoms with Gasteiger partial charge in [0, 0.05) is 0 Å². The van der Waals surface area contributed by atoms with Gasteiger partial charge in [-0.25, -0.2) is 0 Å². The van der Waals surface area contributed by atoms with Gasteiger partial charge in [0.1, 0.15) is 0 Å². The second-order valence-corrected chi connectivity index (χ2v) is 11.9. The van der Waals surface area contributed by atoms with E-state index in [-0.39, 0.29) is 38.8 Å². The maximum atomic E-state index is 13.7. The fourth-order valence-corrected chi connectivity index (χ4v) is 7.63. The standard InChI is InChI=1S/C27H22N2O4Se/c1-3-17-18-11-15(30)9-10-22(18)28-24-19(17)13-29-23(24)12-21-20(25(29)31)14-33-26(32)27(21,2)34-16-7-5-4-6-8-16/h4-12,30H,3,13-14H2,1-2H3. The summed E-state index contributed by atoms with van der Waals surface area (Å²) >= 11 is -0.268. The topological polar surface area (TPSA) is 81.4 Å². The number of hydrogen-bond acceptors (Lipinski definition) is 5. The predicted molar refractivity (Wildman–Crippen MR) is 131 cm³/mol. The molecular formula is C27H22N2O4Se. The summed E-state index contributed by atoms with van der Waals surface area (Å²) in [6.45, 7) is 4.38. The zero-order chi connectivity index (χ0) is 23.6. The number of phenols is 1. The molecule has 0 spiro atoms. The molecule has 0 saturated heterocycles. The van der Waals surface area contributed by atoms with Gasteiger partial charge in [-0.3, -0.25) is 0 Å². The fourth-order valence-electron chi connectivity index (χ4n) is 5.11. The summed E-state index contributed by atoms with van der Waals surface area (Å²) in [6, 6.07) is 17.1. The van der Waals surface area contributed by atoms with Gasteiger partial charge in [0.25, 0.3) is 0 Å². The minimum absolute atomic E-state index is 0.00596. The molecule has 1 N–H and O–H groups in total. The number of aromatic hydroxyl groups is 1. The summed E-state index contributed by atoms with van der Waals surface area (Å²) in [5.74, 6) is -0.0933. The molecule has 0 aliphatic carbocycles. The van der Waals surface area contributed by atoms with E-state index in [1.807, 2.05) is 49.4 Å². The quantitative estimate of drug-likeness (QED) is 0.294. The third-order valence-electron chi connectivity index (χ3n) is 6.82. The number of esters is 1. The Morgan fingerprint density at radius 3 is 2.68 bits per heavy atom. The zero-order valence-corrected chi connectivity index (χ0v) is 20.5. The average molecular weight is 517 g/mol. The maximum absolute atomic E-state index is 13.7. The van der Waals surface area contributed by atoms with Crippen molar-refractivity contribution in [3.05, 3.63) is 87.2 Å². The van der Waals surface area contributed by atoms with Crippen molar-refractivity contribution in [1.29, 1.82) is 0 Å². The third kappa shape index (κ3) is 2.97. The Kier molecular flexibility index (Phi) is 4.70. The van der Waals surface area contributed by atoms with Crippen LogP contribution in [0.25, 0.3) is 22.3 Å². The number of pyridine rings is 2. The number of fused-ring (bicyclic) bond motifs is 5. The molecule has 1 atom stereocenters. The number of benzene rings is 2. The Balaban J connectivity index is 1.59. The number of cyclic esters (lactones) is 1. The van der Waals surface area contributed by atoms with Crippen LogP contribution in [0.2, 0.25) is 0 Å². The van der Waals surface area contributed by atoms with Crippen molar-refractivity contribution in [2.45, 2.75) is 37.7 Å². The number of ether oxygens (including phenoxy) is 1. The first-order chi connectivity index (χ1) is 16.4. The molecule has 170 valence electrons. The summed E-state index contributed by atoms with van der Waals surface area (Å²) < 4.78 is 7.47. The molecule has 7 heteroatoms. The van der Waals surface area contributed by atoms with Gasteiger partial charge in [-0.05, 0) is 0 Å². The number of hydrogen-bond donors (Lipinski definition) is 1. The van der Waals surface area contributed by atoms with Crippen LogP contribution >= 0.6 is 0 Å². The van der Waals surface area contributed by atoms with Gasteiger partial charge in [0.05, 0.1) is 0 Å². The van der Waals surface area contributed by atoms with Crippen LogP contribution in [0.4, 0.5) is 0 Å². The molecule has 6 rings (SSSR count). The molecule has 0 fully saturated rings. The van der Waals surface area contributed by atoms with Crippen LogP contribution in [0, 0.1) is 0 Å². The van der Waals surface area contributed by atoms with E-state index >= 15 is 0 Å². The fraction of sp³-hybridized carbons (Fsp3) is 0.222. The van der Waals surface area contributed by atoms with Crippen molar-refractivity contribution >= 4 is 36.3 Å². The Labute approximate surface area is 202 Å². The normalized spacial score (nSPS) is 18.4. The zero-order valence-electron chi connectivity index (χ0n) is 18.8. The van der Waals surface area contributed by atoms with Crippen molar-refractivity contribution < 1.29 is 14.6 Å². The van der Waals surface area contributed by atoms with Gasteiger partial charge in [0.2, 0.25) is 0 Å². The van der Waals surface area contributed by atoms with E-state index in [0.717, 1.165) is 49.9 Å². The molecule has 34 heavy (non-hydrogen) atoms. The first-order valence-electron chi connectivity index (χ1n) is 11.2. The molecular weight excluding hydrogens is 495 g/mol. The van der Waals surface area contributed by atoms with Crippen LogP contribution in [-0.4, -0.2) is 35.6 Å². The molecule has 0 saturated carbocycles. The second-order valence-electron chi connectivity index (χ2n) is 8.81. The summed E-state index contributed by atoms with van der Waals surface area (Å²) in [4.78, 5) is 31.7. The summed E-state index contributed by atoms with van der Waals surface area (Å²) in [7, 11) is 0. The minimum atomic E-state index is -0.907. The first-order valence-corrected chi connectivity index (χ1v) is 13.0. The van der Waals surface area contributed by atoms with Crippen molar-refractivity contribution in [2.24, 2.45) is 0 Å². The molecule has 4 heterocycles. The Hall–Kier alpha value is -3.41. The molecule has 6 nitrogen and oxygen atoms in total. The van der Waals surface area contributed by atoms with Crippen molar-refractivity contribution in [2.75, 3.05) is 0 Å². The van der Waals surface area contributed by atoms with Crippen LogP contribution in [0.5, 0.6) is 5.75 Å². The summed E-state index contributed by atoms with van der Waals surface area (Å²) in [5, 5.41) is 10.9. The van der Waals surface area contributed by atoms with Crippen LogP contribution in [0.15, 0.2) is 59.4 Å². The van der Waals surface area contributed by atoms with E-state index in [9.17, 15) is 14.7 Å². The number of phenolic OH excluding ortho intramolecular Hbond substituents is 1. The van der Waals surface area contributed by atoms with E-state index < -0.39 is 4.31 Å². The molecule has 2 aliphatic heterocycles. The van der Waals surface area contributed by atoms with E-state index in [2.05, 4.69) is 6.92 Å². The summed E-state index contributed by atoms with van der Waals surface area (Å²) in [6.07, 6.45) is 0.754. The van der Waals surface area contributed by atoms with Gasteiger partial charge in [-0.2, -0.15) is 0 Å². The molecule has 1 unspecified atom stereocenters. The number of nitrogens with zero attached hydrogens (tertiary/aromatic N) is 2. The molecule has 0 bridgehead atoms. The van der Waals surface area contributed by atoms with Gasteiger partial charge in [-0.15, -0.1) is 0 Å². The molecule has 0 radical (unpaired) electrons. The summed E-state index contributed by atoms with van der Waals surface area (Å²) in [5.41, 5.74) is 5.57. The van der Waals surface area contributed by atoms with Crippen LogP contribution < -0.4 is 10.0 Å². The second kappa shape index (κ2) is 7.55. The van der Waals surface area contributed by atoms with Crippen LogP contribution in [0.3, 0.4) is 0 Å². The molecule has 0 amide bonds. The molecule has 2 aromatic heterocycles. The number of aromatic nitrogens is 2. The van der Waals surface area contributed by atoms with Crippen LogP contribution in [0.1, 0.15) is 36.1 Å². The number of aryl methyl sites for hydroxylation is 1. The number of carbonyl (C=O) groups excluding carboxylic acids is 1. The van der Waals surface area contributed by atoms with Crippen molar-refractivity contribution in [3.8, 4) is 17.1 Å². The van der Waals surface area contributed by atoms with E-state index in [1.54, 1.807) is 16.7 Å². The Bertz CT molecular complexity index is 1560. The Morgan fingerprint density at radius 1 is 1.12 bits per heavy atom.